The van der Waals surface area contributed by atoms with Gasteiger partial charge in [-0.25, -0.2) is 24.9 Å². The lowest BCUT2D eigenvalue weighted by Gasteiger charge is -2.12. The van der Waals surface area contributed by atoms with Crippen LogP contribution < -0.4 is 11.1 Å². The Bertz CT molecular complexity index is 1790. The molecule has 0 unspecified atom stereocenters. The number of benzene rings is 2. The molecular weight excluding hydrogens is 474 g/mol. The zero-order chi connectivity index (χ0) is 25.9. The number of fused-ring (bicyclic) bond motifs is 1. The Morgan fingerprint density at radius 1 is 0.868 bits per heavy atom. The molecule has 0 bridgehead atoms. The van der Waals surface area contributed by atoms with Crippen LogP contribution in [0.5, 0.6) is 0 Å². The maximum atomic E-state index is 9.05. The summed E-state index contributed by atoms with van der Waals surface area (Å²) in [6.45, 7) is 0.533. The minimum atomic E-state index is 0.314. The van der Waals surface area contributed by atoms with Crippen LogP contribution in [0, 0.1) is 11.3 Å². The normalized spacial score (nSPS) is 10.8. The van der Waals surface area contributed by atoms with Crippen molar-refractivity contribution < 1.29 is 0 Å². The minimum Gasteiger partial charge on any atom is -0.383 e. The summed E-state index contributed by atoms with van der Waals surface area (Å²) < 4.78 is 2.01. The quantitative estimate of drug-likeness (QED) is 0.330. The average molecular weight is 496 g/mol. The number of nitrogens with zero attached hydrogens (tertiary/aromatic N) is 7. The third kappa shape index (κ3) is 4.38. The van der Waals surface area contributed by atoms with E-state index in [0.717, 1.165) is 39.2 Å². The number of pyridine rings is 2. The molecule has 6 aromatic rings. The highest BCUT2D eigenvalue weighted by molar-refractivity contribution is 5.84. The maximum Gasteiger partial charge on any atom is 0.165 e. The first kappa shape index (κ1) is 22.8. The Morgan fingerprint density at radius 2 is 1.71 bits per heavy atom. The molecule has 0 aliphatic rings. The summed E-state index contributed by atoms with van der Waals surface area (Å²) in [7, 11) is 0. The van der Waals surface area contributed by atoms with Crippen molar-refractivity contribution in [3.63, 3.8) is 0 Å². The molecule has 0 saturated carbocycles. The van der Waals surface area contributed by atoms with Gasteiger partial charge < -0.3 is 11.1 Å². The minimum absolute atomic E-state index is 0.314. The third-order valence-corrected chi connectivity index (χ3v) is 6.10. The van der Waals surface area contributed by atoms with Crippen LogP contribution in [0.15, 0.2) is 97.5 Å². The summed E-state index contributed by atoms with van der Waals surface area (Å²) in [5, 5.41) is 12.3. The molecule has 9 nitrogen and oxygen atoms in total. The van der Waals surface area contributed by atoms with Gasteiger partial charge in [0.15, 0.2) is 11.5 Å². The summed E-state index contributed by atoms with van der Waals surface area (Å²) in [6, 6.07) is 29.5. The standard InChI is InChI=1S/C29H21N9/c30-16-21-15-26(35-18-34-21)33-17-19-8-10-22(11-9-19)38-28(23-7-4-14-32-27(23)31)37-25-13-12-24(36-29(25)38)20-5-2-1-3-6-20/h1-15,18H,17H2,(H2,31,32)(H,33,34,35). The molecular formula is C29H21N9. The monoisotopic (exact) mass is 495 g/mol. The van der Waals surface area contributed by atoms with E-state index in [2.05, 4.69) is 20.3 Å². The zero-order valence-corrected chi connectivity index (χ0v) is 20.2. The van der Waals surface area contributed by atoms with E-state index in [-0.39, 0.29) is 0 Å². The van der Waals surface area contributed by atoms with Crippen molar-refractivity contribution in [3.05, 3.63) is 109 Å². The van der Waals surface area contributed by atoms with Gasteiger partial charge in [-0.3, -0.25) is 4.57 Å². The van der Waals surface area contributed by atoms with Crippen LogP contribution in [-0.2, 0) is 6.54 Å². The molecule has 4 aromatic heterocycles. The van der Waals surface area contributed by atoms with Gasteiger partial charge in [0.1, 0.15) is 35.2 Å². The number of imidazole rings is 1. The molecule has 0 atom stereocenters. The second-order valence-electron chi connectivity index (χ2n) is 8.53. The number of anilines is 2. The number of nitriles is 1. The topological polar surface area (TPSA) is 131 Å². The zero-order valence-electron chi connectivity index (χ0n) is 20.2. The lowest BCUT2D eigenvalue weighted by Crippen LogP contribution is -2.04. The number of nitrogens with two attached hydrogens (primary N) is 1. The molecule has 0 radical (unpaired) electrons. The van der Waals surface area contributed by atoms with Gasteiger partial charge in [-0.05, 0) is 42.0 Å². The van der Waals surface area contributed by atoms with Crippen LogP contribution in [0.25, 0.3) is 39.5 Å². The van der Waals surface area contributed by atoms with E-state index in [0.29, 0.717) is 29.7 Å². The van der Waals surface area contributed by atoms with Crippen LogP contribution in [-0.4, -0.2) is 29.5 Å². The van der Waals surface area contributed by atoms with Crippen LogP contribution in [0.2, 0.25) is 0 Å². The van der Waals surface area contributed by atoms with Crippen LogP contribution in [0.3, 0.4) is 0 Å². The van der Waals surface area contributed by atoms with Crippen LogP contribution in [0.4, 0.5) is 11.6 Å². The number of nitrogen functional groups attached to an aromatic ring is 1. The molecule has 0 saturated heterocycles. The van der Waals surface area contributed by atoms with Gasteiger partial charge in [-0.15, -0.1) is 0 Å². The third-order valence-electron chi connectivity index (χ3n) is 6.10. The highest BCUT2D eigenvalue weighted by Crippen LogP contribution is 2.31. The summed E-state index contributed by atoms with van der Waals surface area (Å²) in [5.41, 5.74) is 12.6. The lowest BCUT2D eigenvalue weighted by atomic mass is 10.1. The van der Waals surface area contributed by atoms with E-state index in [4.69, 9.17) is 21.0 Å². The van der Waals surface area contributed by atoms with E-state index in [1.54, 1.807) is 12.3 Å². The van der Waals surface area contributed by atoms with E-state index < -0.39 is 0 Å². The fraction of sp³-hybridized carbons (Fsp3) is 0.0345. The summed E-state index contributed by atoms with van der Waals surface area (Å²) >= 11 is 0. The Balaban J connectivity index is 1.41. The highest BCUT2D eigenvalue weighted by atomic mass is 15.1. The van der Waals surface area contributed by atoms with Gasteiger partial charge in [0.05, 0.1) is 11.3 Å². The van der Waals surface area contributed by atoms with Crippen molar-refractivity contribution >= 4 is 22.8 Å². The first-order chi connectivity index (χ1) is 18.7. The number of nitrogens with one attached hydrogen (secondary N) is 1. The molecule has 0 spiro atoms. The summed E-state index contributed by atoms with van der Waals surface area (Å²) in [4.78, 5) is 22.2. The first-order valence-corrected chi connectivity index (χ1v) is 11.9. The van der Waals surface area contributed by atoms with E-state index in [9.17, 15) is 0 Å². The van der Waals surface area contributed by atoms with Crippen molar-refractivity contribution in [3.8, 4) is 34.4 Å². The Labute approximate surface area is 218 Å². The largest absolute Gasteiger partial charge is 0.383 e. The molecule has 0 fully saturated rings. The van der Waals surface area contributed by atoms with Gasteiger partial charge >= 0.3 is 0 Å². The fourth-order valence-electron chi connectivity index (χ4n) is 4.23. The Morgan fingerprint density at radius 3 is 2.50 bits per heavy atom. The first-order valence-electron chi connectivity index (χ1n) is 11.9. The molecule has 9 heteroatoms. The van der Waals surface area contributed by atoms with Gasteiger partial charge in [0.25, 0.3) is 0 Å². The number of hydrogen-bond donors (Lipinski definition) is 2. The van der Waals surface area contributed by atoms with E-state index in [1.165, 1.54) is 6.33 Å². The van der Waals surface area contributed by atoms with Crippen LogP contribution in [0.1, 0.15) is 11.3 Å². The molecule has 3 N–H and O–H groups in total. The summed E-state index contributed by atoms with van der Waals surface area (Å²) in [6.07, 6.45) is 3.03. The molecule has 182 valence electrons. The summed E-state index contributed by atoms with van der Waals surface area (Å²) in [5.74, 6) is 1.65. The lowest BCUT2D eigenvalue weighted by molar-refractivity contribution is 1.05. The molecule has 0 amide bonds. The van der Waals surface area contributed by atoms with Crippen molar-refractivity contribution in [1.82, 2.24) is 29.5 Å². The average Bonchev–Trinajstić information content (AvgIpc) is 3.35. The van der Waals surface area contributed by atoms with Gasteiger partial charge in [0, 0.05) is 30.1 Å². The molecule has 0 aliphatic carbocycles. The van der Waals surface area contributed by atoms with Crippen molar-refractivity contribution in [2.24, 2.45) is 0 Å². The molecule has 4 heterocycles. The van der Waals surface area contributed by atoms with E-state index in [1.807, 2.05) is 89.5 Å². The van der Waals surface area contributed by atoms with Gasteiger partial charge in [0.2, 0.25) is 0 Å². The highest BCUT2D eigenvalue weighted by Gasteiger charge is 2.18. The Kier molecular flexibility index (Phi) is 5.88. The predicted octanol–water partition coefficient (Wildman–Crippen LogP) is 5.01. The molecule has 2 aromatic carbocycles. The number of aromatic nitrogens is 6. The fourth-order valence-corrected chi connectivity index (χ4v) is 4.23. The number of hydrogen-bond acceptors (Lipinski definition) is 8. The van der Waals surface area contributed by atoms with Crippen LogP contribution >= 0.6 is 0 Å². The smallest absolute Gasteiger partial charge is 0.165 e. The second-order valence-corrected chi connectivity index (χ2v) is 8.53. The van der Waals surface area contributed by atoms with E-state index >= 15 is 0 Å². The molecule has 0 aliphatic heterocycles. The second kappa shape index (κ2) is 9.79. The SMILES string of the molecule is N#Cc1cc(NCc2ccc(-n3c(-c4cccnc4N)nc4ccc(-c5ccccc5)nc43)cc2)ncn1. The number of rotatable bonds is 6. The van der Waals surface area contributed by atoms with Crippen molar-refractivity contribution in [2.45, 2.75) is 6.54 Å². The maximum absolute atomic E-state index is 9.05. The predicted molar refractivity (Wildman–Crippen MR) is 146 cm³/mol. The van der Waals surface area contributed by atoms with Gasteiger partial charge in [-0.2, -0.15) is 5.26 Å². The van der Waals surface area contributed by atoms with Crippen molar-refractivity contribution in [2.75, 3.05) is 11.1 Å². The van der Waals surface area contributed by atoms with Crippen molar-refractivity contribution in [1.29, 1.82) is 5.26 Å². The molecule has 38 heavy (non-hydrogen) atoms. The Hall–Kier alpha value is -5.62. The van der Waals surface area contributed by atoms with Gasteiger partial charge in [-0.1, -0.05) is 42.5 Å². The molecule has 6 rings (SSSR count).